The van der Waals surface area contributed by atoms with Gasteiger partial charge in [-0.1, -0.05) is 12.8 Å². The van der Waals surface area contributed by atoms with Crippen molar-refractivity contribution >= 4 is 12.2 Å². The van der Waals surface area contributed by atoms with E-state index >= 15 is 0 Å². The van der Waals surface area contributed by atoms with Crippen LogP contribution in [0.5, 0.6) is 0 Å². The Morgan fingerprint density at radius 2 is 2.50 bits per heavy atom. The maximum atomic E-state index is 5.02. The molecule has 66 valence electrons. The second kappa shape index (κ2) is 3.39. The monoisotopic (exact) mass is 183 g/mol. The normalized spacial score (nSPS) is 16.7. The summed E-state index contributed by atoms with van der Waals surface area (Å²) in [6.45, 7) is 1.02. The zero-order valence-corrected chi connectivity index (χ0v) is 7.81. The van der Waals surface area contributed by atoms with Crippen LogP contribution in [0.25, 0.3) is 0 Å². The average molecular weight is 183 g/mol. The summed E-state index contributed by atoms with van der Waals surface area (Å²) in [7, 11) is 0. The number of rotatable bonds is 4. The van der Waals surface area contributed by atoms with Crippen LogP contribution in [0.4, 0.5) is 0 Å². The van der Waals surface area contributed by atoms with Crippen molar-refractivity contribution in [2.75, 3.05) is 0 Å². The van der Waals surface area contributed by atoms with E-state index in [-0.39, 0.29) is 0 Å². The third kappa shape index (κ3) is 1.94. The predicted molar refractivity (Wildman–Crippen MR) is 49.4 cm³/mol. The van der Waals surface area contributed by atoms with Gasteiger partial charge in [-0.15, -0.1) is 0 Å². The van der Waals surface area contributed by atoms with E-state index in [4.69, 9.17) is 12.2 Å². The Balaban J connectivity index is 1.78. The van der Waals surface area contributed by atoms with Gasteiger partial charge in [0.05, 0.1) is 0 Å². The lowest BCUT2D eigenvalue weighted by Crippen LogP contribution is -1.96. The molecule has 2 rings (SSSR count). The number of H-pyrrole nitrogens is 1. The van der Waals surface area contributed by atoms with Gasteiger partial charge in [-0.3, -0.25) is 5.10 Å². The molecule has 0 amide bonds. The molecule has 12 heavy (non-hydrogen) atoms. The highest BCUT2D eigenvalue weighted by Gasteiger charge is 2.19. The first-order valence-corrected chi connectivity index (χ1v) is 4.87. The zero-order valence-electron chi connectivity index (χ0n) is 6.99. The molecule has 0 atom stereocenters. The molecule has 0 spiro atoms. The molecule has 4 heteroatoms. The molecule has 0 saturated heterocycles. The van der Waals surface area contributed by atoms with E-state index in [0.29, 0.717) is 0 Å². The average Bonchev–Trinajstić information content (AvgIpc) is 2.78. The van der Waals surface area contributed by atoms with Crippen LogP contribution in [-0.2, 0) is 6.54 Å². The van der Waals surface area contributed by atoms with Gasteiger partial charge in [0.1, 0.15) is 6.33 Å². The lowest BCUT2D eigenvalue weighted by atomic mass is 10.2. The summed E-state index contributed by atoms with van der Waals surface area (Å²) in [6, 6.07) is 0. The molecule has 3 nitrogen and oxygen atoms in total. The molecule has 1 fully saturated rings. The second-order valence-electron chi connectivity index (χ2n) is 3.44. The molecule has 1 saturated carbocycles. The summed E-state index contributed by atoms with van der Waals surface area (Å²) in [5.41, 5.74) is 0. The zero-order chi connectivity index (χ0) is 8.39. The number of aromatic nitrogens is 3. The van der Waals surface area contributed by atoms with Crippen molar-refractivity contribution in [3.05, 3.63) is 11.1 Å². The molecule has 0 bridgehead atoms. The molecule has 1 N–H and O–H groups in total. The molecule has 1 aliphatic rings. The molecule has 1 aliphatic carbocycles. The van der Waals surface area contributed by atoms with E-state index < -0.39 is 0 Å². The minimum atomic E-state index is 0.741. The van der Waals surface area contributed by atoms with E-state index in [1.165, 1.54) is 25.7 Å². The fraction of sp³-hybridized carbons (Fsp3) is 0.750. The van der Waals surface area contributed by atoms with Gasteiger partial charge >= 0.3 is 0 Å². The highest BCUT2D eigenvalue weighted by atomic mass is 32.1. The Bertz CT molecular complexity index is 297. The van der Waals surface area contributed by atoms with Crippen LogP contribution >= 0.6 is 12.2 Å². The quantitative estimate of drug-likeness (QED) is 0.725. The number of hydrogen-bond donors (Lipinski definition) is 1. The van der Waals surface area contributed by atoms with Crippen LogP contribution in [-0.4, -0.2) is 14.8 Å². The molecule has 0 aromatic carbocycles. The minimum absolute atomic E-state index is 0.741. The first-order chi connectivity index (χ1) is 5.86. The van der Waals surface area contributed by atoms with E-state index in [1.54, 1.807) is 6.33 Å². The van der Waals surface area contributed by atoms with Crippen molar-refractivity contribution in [3.63, 3.8) is 0 Å². The number of aryl methyl sites for hydroxylation is 1. The van der Waals surface area contributed by atoms with Crippen LogP contribution in [0, 0.1) is 10.7 Å². The van der Waals surface area contributed by atoms with Crippen molar-refractivity contribution in [2.45, 2.75) is 32.2 Å². The lowest BCUT2D eigenvalue weighted by Gasteiger charge is -1.99. The van der Waals surface area contributed by atoms with Crippen molar-refractivity contribution in [2.24, 2.45) is 5.92 Å². The summed E-state index contributed by atoms with van der Waals surface area (Å²) in [5, 5.41) is 6.62. The van der Waals surface area contributed by atoms with E-state index in [0.717, 1.165) is 17.2 Å². The summed E-state index contributed by atoms with van der Waals surface area (Å²) in [6.07, 6.45) is 7.24. The summed E-state index contributed by atoms with van der Waals surface area (Å²) in [5.74, 6) is 1.02. The van der Waals surface area contributed by atoms with Crippen molar-refractivity contribution in [1.82, 2.24) is 14.8 Å². The van der Waals surface area contributed by atoms with Crippen LogP contribution in [0.15, 0.2) is 6.33 Å². The SMILES string of the molecule is S=c1[nH]ncn1CCCC1CC1. The molecule has 1 heterocycles. The van der Waals surface area contributed by atoms with Crippen LogP contribution in [0.2, 0.25) is 0 Å². The first-order valence-electron chi connectivity index (χ1n) is 4.46. The van der Waals surface area contributed by atoms with E-state index in [9.17, 15) is 0 Å². The minimum Gasteiger partial charge on any atom is -0.307 e. The smallest absolute Gasteiger partial charge is 0.194 e. The van der Waals surface area contributed by atoms with Crippen molar-refractivity contribution in [3.8, 4) is 0 Å². The van der Waals surface area contributed by atoms with E-state index in [1.807, 2.05) is 4.57 Å². The lowest BCUT2D eigenvalue weighted by molar-refractivity contribution is 0.572. The first kappa shape index (κ1) is 7.98. The Labute approximate surface area is 76.8 Å². The fourth-order valence-corrected chi connectivity index (χ4v) is 1.58. The largest absolute Gasteiger partial charge is 0.307 e. The van der Waals surface area contributed by atoms with Crippen LogP contribution < -0.4 is 0 Å². The highest BCUT2D eigenvalue weighted by Crippen LogP contribution is 2.33. The van der Waals surface area contributed by atoms with Gasteiger partial charge in [0.15, 0.2) is 4.77 Å². The molecule has 0 radical (unpaired) electrons. The third-order valence-electron chi connectivity index (χ3n) is 2.33. The van der Waals surface area contributed by atoms with Gasteiger partial charge in [0, 0.05) is 6.54 Å². The fourth-order valence-electron chi connectivity index (χ4n) is 1.39. The highest BCUT2D eigenvalue weighted by molar-refractivity contribution is 7.71. The second-order valence-corrected chi connectivity index (χ2v) is 3.83. The van der Waals surface area contributed by atoms with Gasteiger partial charge in [0.25, 0.3) is 0 Å². The third-order valence-corrected chi connectivity index (χ3v) is 2.65. The van der Waals surface area contributed by atoms with Gasteiger partial charge in [-0.2, -0.15) is 5.10 Å². The topological polar surface area (TPSA) is 33.6 Å². The standard InChI is InChI=1S/C8H13N3S/c12-8-10-9-6-11(8)5-1-2-7-3-4-7/h6-7H,1-5H2,(H,10,12). The molecular formula is C8H13N3S. The Kier molecular flexibility index (Phi) is 2.26. The Morgan fingerprint density at radius 3 is 3.08 bits per heavy atom. The summed E-state index contributed by atoms with van der Waals surface area (Å²) >= 11 is 5.02. The molecular weight excluding hydrogens is 170 g/mol. The maximum Gasteiger partial charge on any atom is 0.194 e. The van der Waals surface area contributed by atoms with Gasteiger partial charge in [-0.05, 0) is 31.0 Å². The van der Waals surface area contributed by atoms with Crippen molar-refractivity contribution < 1.29 is 0 Å². The molecule has 0 unspecified atom stereocenters. The van der Waals surface area contributed by atoms with Gasteiger partial charge < -0.3 is 4.57 Å². The van der Waals surface area contributed by atoms with Gasteiger partial charge in [0.2, 0.25) is 0 Å². The molecule has 1 aromatic rings. The van der Waals surface area contributed by atoms with Crippen molar-refractivity contribution in [1.29, 1.82) is 0 Å². The molecule has 0 aliphatic heterocycles. The van der Waals surface area contributed by atoms with Crippen LogP contribution in [0.1, 0.15) is 25.7 Å². The summed E-state index contributed by atoms with van der Waals surface area (Å²) < 4.78 is 2.74. The predicted octanol–water partition coefficient (Wildman–Crippen LogP) is 2.13. The van der Waals surface area contributed by atoms with Gasteiger partial charge in [-0.25, -0.2) is 0 Å². The summed E-state index contributed by atoms with van der Waals surface area (Å²) in [4.78, 5) is 0. The van der Waals surface area contributed by atoms with Crippen LogP contribution in [0.3, 0.4) is 0 Å². The number of hydrogen-bond acceptors (Lipinski definition) is 2. The Morgan fingerprint density at radius 1 is 1.67 bits per heavy atom. The number of nitrogens with zero attached hydrogens (tertiary/aromatic N) is 2. The molecule has 1 aromatic heterocycles. The number of aromatic amines is 1. The Hall–Kier alpha value is -0.640. The van der Waals surface area contributed by atoms with E-state index in [2.05, 4.69) is 10.2 Å². The maximum absolute atomic E-state index is 5.02. The number of nitrogens with one attached hydrogen (secondary N) is 1.